The van der Waals surface area contributed by atoms with E-state index in [1.165, 1.54) is 0 Å². The van der Waals surface area contributed by atoms with E-state index in [9.17, 15) is 0 Å². The Kier molecular flexibility index (Phi) is 9.02. The molecule has 0 amide bonds. The van der Waals surface area contributed by atoms with E-state index in [1.807, 2.05) is 39.1 Å². The molecule has 0 bridgehead atoms. The van der Waals surface area contributed by atoms with Gasteiger partial charge in [-0.05, 0) is 39.0 Å². The van der Waals surface area contributed by atoms with Crippen molar-refractivity contribution in [3.8, 4) is 5.75 Å². The lowest BCUT2D eigenvalue weighted by Gasteiger charge is -2.22. The molecule has 1 aromatic carbocycles. The van der Waals surface area contributed by atoms with Crippen LogP contribution in [0.5, 0.6) is 5.75 Å². The lowest BCUT2D eigenvalue weighted by atomic mass is 10.3. The zero-order valence-electron chi connectivity index (χ0n) is 17.1. The predicted molar refractivity (Wildman–Crippen MR) is 117 cm³/mol. The van der Waals surface area contributed by atoms with Crippen molar-refractivity contribution >= 4 is 28.9 Å². The van der Waals surface area contributed by atoms with Gasteiger partial charge >= 0.3 is 0 Å². The normalized spacial score (nSPS) is 13.9. The van der Waals surface area contributed by atoms with Crippen LogP contribution in [0.2, 0.25) is 5.02 Å². The second-order valence-electron chi connectivity index (χ2n) is 6.49. The summed E-state index contributed by atoms with van der Waals surface area (Å²) < 4.78 is 11.2. The van der Waals surface area contributed by atoms with Gasteiger partial charge in [0.1, 0.15) is 23.0 Å². The van der Waals surface area contributed by atoms with E-state index in [1.54, 1.807) is 24.5 Å². The van der Waals surface area contributed by atoms with Gasteiger partial charge in [0, 0.05) is 31.1 Å². The summed E-state index contributed by atoms with van der Waals surface area (Å²) in [6.45, 7) is 8.03. The molecule has 0 radical (unpaired) electrons. The van der Waals surface area contributed by atoms with Gasteiger partial charge in [0.15, 0.2) is 5.96 Å². The second kappa shape index (κ2) is 11.2. The highest BCUT2D eigenvalue weighted by Crippen LogP contribution is 2.21. The largest absolute Gasteiger partial charge is 0.489 e. The van der Waals surface area contributed by atoms with Crippen LogP contribution in [0.4, 0.5) is 0 Å². The van der Waals surface area contributed by atoms with Gasteiger partial charge in [-0.1, -0.05) is 17.7 Å². The number of ether oxygens (including phenoxy) is 2. The molecule has 2 rings (SSSR count). The summed E-state index contributed by atoms with van der Waals surface area (Å²) in [7, 11) is 3.70. The molecule has 6 nitrogen and oxygen atoms in total. The summed E-state index contributed by atoms with van der Waals surface area (Å²) in [5.74, 6) is 1.56. The summed E-state index contributed by atoms with van der Waals surface area (Å²) in [5.41, 5.74) is 1.00. The molecule has 1 aromatic heterocycles. The topological polar surface area (TPSA) is 59.0 Å². The summed E-state index contributed by atoms with van der Waals surface area (Å²) in [6, 6.07) is 7.40. The highest BCUT2D eigenvalue weighted by molar-refractivity contribution is 7.09. The fourth-order valence-electron chi connectivity index (χ4n) is 2.50. The number of hydrogen-bond acceptors (Lipinski definition) is 5. The first kappa shape index (κ1) is 22.5. The number of benzene rings is 1. The van der Waals surface area contributed by atoms with Crippen LogP contribution in [0, 0.1) is 0 Å². The molecule has 0 spiro atoms. The summed E-state index contributed by atoms with van der Waals surface area (Å²) >= 11 is 7.63. The van der Waals surface area contributed by atoms with Crippen molar-refractivity contribution in [2.45, 2.75) is 39.5 Å². The quantitative estimate of drug-likeness (QED) is 0.478. The molecule has 2 aromatic rings. The number of halogens is 1. The monoisotopic (exact) mass is 424 g/mol. The average Bonchev–Trinajstić information content (AvgIpc) is 3.12. The third-order valence-electron chi connectivity index (χ3n) is 4.00. The van der Waals surface area contributed by atoms with E-state index in [4.69, 9.17) is 26.1 Å². The van der Waals surface area contributed by atoms with Gasteiger partial charge in [0.05, 0.1) is 18.8 Å². The Labute approximate surface area is 176 Å². The number of aromatic nitrogens is 1. The Morgan fingerprint density at radius 2 is 2.18 bits per heavy atom. The summed E-state index contributed by atoms with van der Waals surface area (Å²) in [5, 5.41) is 7.03. The highest BCUT2D eigenvalue weighted by Gasteiger charge is 2.13. The molecule has 0 aliphatic carbocycles. The van der Waals surface area contributed by atoms with E-state index in [-0.39, 0.29) is 12.2 Å². The van der Waals surface area contributed by atoms with E-state index in [0.29, 0.717) is 18.1 Å². The molecule has 0 fully saturated rings. The second-order valence-corrected chi connectivity index (χ2v) is 7.82. The van der Waals surface area contributed by atoms with Gasteiger partial charge in [-0.3, -0.25) is 0 Å². The molecule has 154 valence electrons. The number of nitrogens with one attached hydrogen (secondary N) is 1. The molecule has 1 N–H and O–H groups in total. The molecule has 8 heteroatoms. The minimum Gasteiger partial charge on any atom is -0.489 e. The number of rotatable bonds is 9. The van der Waals surface area contributed by atoms with Crippen LogP contribution >= 0.6 is 22.9 Å². The fraction of sp³-hybridized carbons (Fsp3) is 0.500. The lowest BCUT2D eigenvalue weighted by molar-refractivity contribution is 0.119. The van der Waals surface area contributed by atoms with Crippen molar-refractivity contribution in [2.75, 3.05) is 27.2 Å². The van der Waals surface area contributed by atoms with Crippen molar-refractivity contribution in [1.29, 1.82) is 0 Å². The van der Waals surface area contributed by atoms with Crippen molar-refractivity contribution in [1.82, 2.24) is 15.2 Å². The molecular weight excluding hydrogens is 396 g/mol. The Bertz CT molecular complexity index is 768. The Hall–Kier alpha value is -1.83. The van der Waals surface area contributed by atoms with Crippen molar-refractivity contribution in [3.05, 3.63) is 45.4 Å². The smallest absolute Gasteiger partial charge is 0.194 e. The van der Waals surface area contributed by atoms with E-state index < -0.39 is 0 Å². The number of nitrogens with zero attached hydrogens (tertiary/aromatic N) is 3. The predicted octanol–water partition coefficient (Wildman–Crippen LogP) is 4.37. The summed E-state index contributed by atoms with van der Waals surface area (Å²) in [4.78, 5) is 11.4. The van der Waals surface area contributed by atoms with E-state index in [2.05, 4.69) is 27.5 Å². The van der Waals surface area contributed by atoms with Crippen LogP contribution < -0.4 is 10.1 Å². The Morgan fingerprint density at radius 1 is 1.39 bits per heavy atom. The minimum absolute atomic E-state index is 0.00967. The van der Waals surface area contributed by atoms with Crippen LogP contribution in [-0.4, -0.2) is 49.2 Å². The first-order chi connectivity index (χ1) is 13.4. The van der Waals surface area contributed by atoms with Gasteiger partial charge in [-0.2, -0.15) is 0 Å². The maximum Gasteiger partial charge on any atom is 0.194 e. The zero-order valence-corrected chi connectivity index (χ0v) is 18.7. The molecule has 1 heterocycles. The molecule has 0 saturated carbocycles. The van der Waals surface area contributed by atoms with Gasteiger partial charge in [-0.15, -0.1) is 11.3 Å². The van der Waals surface area contributed by atoms with E-state index >= 15 is 0 Å². The third kappa shape index (κ3) is 6.96. The van der Waals surface area contributed by atoms with Gasteiger partial charge in [0.2, 0.25) is 0 Å². The molecule has 0 saturated heterocycles. The number of hydrogen-bond donors (Lipinski definition) is 1. The van der Waals surface area contributed by atoms with E-state index in [0.717, 1.165) is 29.0 Å². The maximum atomic E-state index is 6.01. The molecule has 28 heavy (non-hydrogen) atoms. The average molecular weight is 425 g/mol. The third-order valence-corrected chi connectivity index (χ3v) is 5.29. The Morgan fingerprint density at radius 3 is 2.86 bits per heavy atom. The SMILES string of the molecule is CCNC(=NCC(C)Oc1cccc(Cl)c1)N(C)Cc1csc(C(C)OC)n1. The van der Waals surface area contributed by atoms with Crippen molar-refractivity contribution < 1.29 is 9.47 Å². The first-order valence-corrected chi connectivity index (χ1v) is 10.6. The molecular formula is C20H29ClN4O2S. The Balaban J connectivity index is 1.97. The molecule has 2 atom stereocenters. The number of aliphatic imine (C=N–C) groups is 1. The number of methoxy groups -OCH3 is 1. The zero-order chi connectivity index (χ0) is 20.5. The highest BCUT2D eigenvalue weighted by atomic mass is 35.5. The fourth-order valence-corrected chi connectivity index (χ4v) is 3.52. The van der Waals surface area contributed by atoms with Crippen LogP contribution in [0.1, 0.15) is 37.6 Å². The van der Waals surface area contributed by atoms with Crippen molar-refractivity contribution in [3.63, 3.8) is 0 Å². The van der Waals surface area contributed by atoms with Crippen LogP contribution in [-0.2, 0) is 11.3 Å². The van der Waals surface area contributed by atoms with Crippen LogP contribution in [0.3, 0.4) is 0 Å². The van der Waals surface area contributed by atoms with Crippen LogP contribution in [0.15, 0.2) is 34.6 Å². The molecule has 0 aliphatic heterocycles. The molecule has 0 aliphatic rings. The lowest BCUT2D eigenvalue weighted by Crippen LogP contribution is -2.39. The standard InChI is InChI=1S/C20H29ClN4O2S/c1-6-22-20(23-11-14(2)27-18-9-7-8-16(21)10-18)25(4)12-17-13-28-19(24-17)15(3)26-5/h7-10,13-15H,6,11-12H2,1-5H3,(H,22,23). The summed E-state index contributed by atoms with van der Waals surface area (Å²) in [6.07, 6.45) is -0.0654. The van der Waals surface area contributed by atoms with Gasteiger partial charge < -0.3 is 19.7 Å². The van der Waals surface area contributed by atoms with Gasteiger partial charge in [0.25, 0.3) is 0 Å². The number of thiazole rings is 1. The minimum atomic E-state index is -0.0750. The van der Waals surface area contributed by atoms with Crippen molar-refractivity contribution in [2.24, 2.45) is 4.99 Å². The maximum absolute atomic E-state index is 6.01. The number of guanidine groups is 1. The first-order valence-electron chi connectivity index (χ1n) is 9.31. The molecule has 2 unspecified atom stereocenters. The van der Waals surface area contributed by atoms with Gasteiger partial charge in [-0.25, -0.2) is 9.98 Å². The van der Waals surface area contributed by atoms with Crippen LogP contribution in [0.25, 0.3) is 0 Å².